The lowest BCUT2D eigenvalue weighted by Gasteiger charge is -2.30. The largest absolute Gasteiger partial charge is 0.373 e. The van der Waals surface area contributed by atoms with Crippen LogP contribution in [-0.2, 0) is 4.74 Å². The third kappa shape index (κ3) is 3.44. The summed E-state index contributed by atoms with van der Waals surface area (Å²) in [6.07, 6.45) is 3.24. The number of hydrogen-bond donors (Lipinski definition) is 1. The summed E-state index contributed by atoms with van der Waals surface area (Å²) in [6.45, 7) is 0.651. The van der Waals surface area contributed by atoms with Crippen molar-refractivity contribution in [1.29, 1.82) is 0 Å². The SMILES string of the molecule is Fc1cc2ncc(NC3CCOC(c4ccccc4)C3)nc2cc1F. The standard InChI is InChI=1S/C19H17F2N3O/c20-14-9-16-17(10-15(14)21)24-19(11-22-16)23-13-6-7-25-18(8-13)12-4-2-1-3-5-12/h1-5,9-11,13,18H,6-8H2,(H,23,24). The summed E-state index contributed by atoms with van der Waals surface area (Å²) in [5, 5.41) is 3.34. The van der Waals surface area contributed by atoms with E-state index in [1.165, 1.54) is 0 Å². The monoisotopic (exact) mass is 341 g/mol. The number of rotatable bonds is 3. The van der Waals surface area contributed by atoms with Gasteiger partial charge in [0.2, 0.25) is 0 Å². The Morgan fingerprint density at radius 1 is 1.04 bits per heavy atom. The minimum atomic E-state index is -0.922. The van der Waals surface area contributed by atoms with Gasteiger partial charge in [0.25, 0.3) is 0 Å². The maximum Gasteiger partial charge on any atom is 0.161 e. The predicted molar refractivity (Wildman–Crippen MR) is 91.2 cm³/mol. The molecule has 25 heavy (non-hydrogen) atoms. The highest BCUT2D eigenvalue weighted by molar-refractivity contribution is 5.75. The molecule has 0 amide bonds. The number of fused-ring (bicyclic) bond motifs is 1. The van der Waals surface area contributed by atoms with Gasteiger partial charge in [-0.25, -0.2) is 13.8 Å². The van der Waals surface area contributed by atoms with Crippen LogP contribution in [0.3, 0.4) is 0 Å². The van der Waals surface area contributed by atoms with E-state index in [2.05, 4.69) is 27.4 Å². The molecule has 1 fully saturated rings. The molecule has 3 aromatic rings. The molecular formula is C19H17F2N3O. The van der Waals surface area contributed by atoms with Crippen molar-refractivity contribution < 1.29 is 13.5 Å². The van der Waals surface area contributed by atoms with Crippen molar-refractivity contribution in [3.63, 3.8) is 0 Å². The Morgan fingerprint density at radius 2 is 1.80 bits per heavy atom. The summed E-state index contributed by atoms with van der Waals surface area (Å²) < 4.78 is 32.5. The lowest BCUT2D eigenvalue weighted by molar-refractivity contribution is 0.00974. The van der Waals surface area contributed by atoms with E-state index in [1.54, 1.807) is 6.20 Å². The van der Waals surface area contributed by atoms with Crippen LogP contribution in [0.4, 0.5) is 14.6 Å². The fourth-order valence-electron chi connectivity index (χ4n) is 3.11. The van der Waals surface area contributed by atoms with E-state index in [0.29, 0.717) is 23.5 Å². The van der Waals surface area contributed by atoms with E-state index in [4.69, 9.17) is 4.74 Å². The van der Waals surface area contributed by atoms with Gasteiger partial charge in [-0.1, -0.05) is 30.3 Å². The van der Waals surface area contributed by atoms with Crippen molar-refractivity contribution >= 4 is 16.9 Å². The molecule has 1 aliphatic rings. The average Bonchev–Trinajstić information content (AvgIpc) is 2.64. The maximum absolute atomic E-state index is 13.4. The zero-order chi connectivity index (χ0) is 17.2. The van der Waals surface area contributed by atoms with E-state index in [-0.39, 0.29) is 12.1 Å². The lowest BCUT2D eigenvalue weighted by atomic mass is 9.97. The van der Waals surface area contributed by atoms with Gasteiger partial charge in [-0.05, 0) is 18.4 Å². The van der Waals surface area contributed by atoms with Crippen LogP contribution < -0.4 is 5.32 Å². The molecule has 2 heterocycles. The fourth-order valence-corrected chi connectivity index (χ4v) is 3.11. The molecule has 0 bridgehead atoms. The van der Waals surface area contributed by atoms with E-state index in [0.717, 1.165) is 30.5 Å². The van der Waals surface area contributed by atoms with Crippen molar-refractivity contribution in [2.24, 2.45) is 0 Å². The number of hydrogen-bond acceptors (Lipinski definition) is 4. The van der Waals surface area contributed by atoms with Gasteiger partial charge in [0.1, 0.15) is 5.82 Å². The topological polar surface area (TPSA) is 47.0 Å². The first-order valence-electron chi connectivity index (χ1n) is 8.24. The third-order valence-electron chi connectivity index (χ3n) is 4.39. The van der Waals surface area contributed by atoms with E-state index >= 15 is 0 Å². The zero-order valence-corrected chi connectivity index (χ0v) is 13.5. The first-order valence-corrected chi connectivity index (χ1v) is 8.24. The average molecular weight is 341 g/mol. The Morgan fingerprint density at radius 3 is 2.60 bits per heavy atom. The molecule has 4 rings (SSSR count). The number of aromatic nitrogens is 2. The Balaban J connectivity index is 1.51. The van der Waals surface area contributed by atoms with Crippen LogP contribution in [0.1, 0.15) is 24.5 Å². The Hall–Kier alpha value is -2.60. The number of nitrogens with zero attached hydrogens (tertiary/aromatic N) is 2. The van der Waals surface area contributed by atoms with Crippen LogP contribution >= 0.6 is 0 Å². The van der Waals surface area contributed by atoms with Crippen LogP contribution in [-0.4, -0.2) is 22.6 Å². The predicted octanol–water partition coefficient (Wildman–Crippen LogP) is 4.24. The van der Waals surface area contributed by atoms with Gasteiger partial charge in [0, 0.05) is 24.8 Å². The summed E-state index contributed by atoms with van der Waals surface area (Å²) in [6, 6.07) is 12.4. The first kappa shape index (κ1) is 15.9. The zero-order valence-electron chi connectivity index (χ0n) is 13.5. The minimum absolute atomic E-state index is 0.0346. The second-order valence-electron chi connectivity index (χ2n) is 6.15. The number of benzene rings is 2. The Labute approximate surface area is 143 Å². The third-order valence-corrected chi connectivity index (χ3v) is 4.39. The molecule has 1 N–H and O–H groups in total. The normalized spacial score (nSPS) is 20.6. The van der Waals surface area contributed by atoms with Crippen LogP contribution in [0.15, 0.2) is 48.7 Å². The summed E-state index contributed by atoms with van der Waals surface area (Å²) in [5.41, 5.74) is 1.81. The first-order chi connectivity index (χ1) is 12.2. The molecule has 1 aromatic heterocycles. The van der Waals surface area contributed by atoms with Gasteiger partial charge in [0.05, 0.1) is 23.3 Å². The molecule has 1 saturated heterocycles. The van der Waals surface area contributed by atoms with Gasteiger partial charge < -0.3 is 10.1 Å². The summed E-state index contributed by atoms with van der Waals surface area (Å²) in [7, 11) is 0. The molecule has 0 aliphatic carbocycles. The van der Waals surface area contributed by atoms with Crippen molar-refractivity contribution in [2.75, 3.05) is 11.9 Å². The van der Waals surface area contributed by atoms with Gasteiger partial charge in [-0.2, -0.15) is 0 Å². The van der Waals surface area contributed by atoms with Crippen molar-refractivity contribution in [2.45, 2.75) is 25.0 Å². The van der Waals surface area contributed by atoms with E-state index in [1.807, 2.05) is 18.2 Å². The highest BCUT2D eigenvalue weighted by Crippen LogP contribution is 2.29. The quantitative estimate of drug-likeness (QED) is 0.774. The molecular weight excluding hydrogens is 324 g/mol. The maximum atomic E-state index is 13.4. The summed E-state index contributed by atoms with van der Waals surface area (Å²) >= 11 is 0. The molecule has 4 nitrogen and oxygen atoms in total. The molecule has 0 saturated carbocycles. The molecule has 128 valence electrons. The van der Waals surface area contributed by atoms with E-state index in [9.17, 15) is 8.78 Å². The highest BCUT2D eigenvalue weighted by atomic mass is 19.2. The number of nitrogens with one attached hydrogen (secondary N) is 1. The van der Waals surface area contributed by atoms with Crippen LogP contribution in [0.2, 0.25) is 0 Å². The van der Waals surface area contributed by atoms with Gasteiger partial charge in [0.15, 0.2) is 11.6 Å². The molecule has 0 spiro atoms. The van der Waals surface area contributed by atoms with Crippen molar-refractivity contribution in [3.8, 4) is 0 Å². The van der Waals surface area contributed by atoms with Crippen molar-refractivity contribution in [1.82, 2.24) is 9.97 Å². The number of anilines is 1. The fraction of sp³-hybridized carbons (Fsp3) is 0.263. The molecule has 6 heteroatoms. The summed E-state index contributed by atoms with van der Waals surface area (Å²) in [5.74, 6) is -1.29. The molecule has 2 unspecified atom stereocenters. The second kappa shape index (κ2) is 6.72. The van der Waals surface area contributed by atoms with Crippen LogP contribution in [0.25, 0.3) is 11.0 Å². The molecule has 2 aromatic carbocycles. The lowest BCUT2D eigenvalue weighted by Crippen LogP contribution is -2.30. The molecule has 2 atom stereocenters. The minimum Gasteiger partial charge on any atom is -0.373 e. The Bertz CT molecular complexity index is 888. The van der Waals surface area contributed by atoms with Gasteiger partial charge in [-0.3, -0.25) is 4.98 Å². The number of halogens is 2. The molecule has 1 aliphatic heterocycles. The highest BCUT2D eigenvalue weighted by Gasteiger charge is 2.24. The smallest absolute Gasteiger partial charge is 0.161 e. The number of ether oxygens (including phenoxy) is 1. The van der Waals surface area contributed by atoms with Crippen LogP contribution in [0.5, 0.6) is 0 Å². The Kier molecular flexibility index (Phi) is 4.28. The van der Waals surface area contributed by atoms with E-state index < -0.39 is 11.6 Å². The summed E-state index contributed by atoms with van der Waals surface area (Å²) in [4.78, 5) is 8.51. The van der Waals surface area contributed by atoms with Gasteiger partial charge >= 0.3 is 0 Å². The van der Waals surface area contributed by atoms with Crippen LogP contribution in [0, 0.1) is 11.6 Å². The van der Waals surface area contributed by atoms with Crippen molar-refractivity contribution in [3.05, 3.63) is 65.9 Å². The van der Waals surface area contributed by atoms with Gasteiger partial charge in [-0.15, -0.1) is 0 Å². The molecule has 0 radical (unpaired) electrons. The second-order valence-corrected chi connectivity index (χ2v) is 6.15.